The second-order valence-corrected chi connectivity index (χ2v) is 7.63. The highest BCUT2D eigenvalue weighted by Crippen LogP contribution is 2.48. The van der Waals surface area contributed by atoms with Crippen LogP contribution in [0.1, 0.15) is 30.6 Å². The van der Waals surface area contributed by atoms with Gasteiger partial charge in [-0.25, -0.2) is 0 Å². The third kappa shape index (κ3) is 3.38. The summed E-state index contributed by atoms with van der Waals surface area (Å²) in [4.78, 5) is 1.46. The van der Waals surface area contributed by atoms with Crippen LogP contribution in [0.25, 0.3) is 11.1 Å². The van der Waals surface area contributed by atoms with Crippen molar-refractivity contribution in [1.29, 1.82) is 0 Å². The van der Waals surface area contributed by atoms with Gasteiger partial charge in [0.2, 0.25) is 0 Å². The molecule has 1 nitrogen and oxygen atoms in total. The van der Waals surface area contributed by atoms with E-state index in [-0.39, 0.29) is 0 Å². The molecule has 0 saturated heterocycles. The lowest BCUT2D eigenvalue weighted by atomic mass is 9.98. The van der Waals surface area contributed by atoms with Crippen LogP contribution in [0.2, 0.25) is 0 Å². The van der Waals surface area contributed by atoms with Gasteiger partial charge in [-0.15, -0.1) is 11.3 Å². The molecule has 0 radical (unpaired) electrons. The fourth-order valence-corrected chi connectivity index (χ4v) is 4.25. The Morgan fingerprint density at radius 3 is 2.38 bits per heavy atom. The van der Waals surface area contributed by atoms with E-state index in [0.717, 1.165) is 24.3 Å². The van der Waals surface area contributed by atoms with E-state index in [1.54, 1.807) is 0 Å². The number of hydrogen-bond donors (Lipinski definition) is 1. The Morgan fingerprint density at radius 1 is 1.00 bits per heavy atom. The van der Waals surface area contributed by atoms with Crippen LogP contribution < -0.4 is 5.32 Å². The van der Waals surface area contributed by atoms with E-state index >= 15 is 0 Å². The van der Waals surface area contributed by atoms with Crippen molar-refractivity contribution in [1.82, 2.24) is 5.32 Å². The predicted molar refractivity (Wildman–Crippen MR) is 90.4 cm³/mol. The van der Waals surface area contributed by atoms with Gasteiger partial charge >= 0.3 is 0 Å². The Labute approximate surface area is 131 Å². The van der Waals surface area contributed by atoms with E-state index in [2.05, 4.69) is 47.1 Å². The van der Waals surface area contributed by atoms with Crippen LogP contribution in [0.3, 0.4) is 0 Å². The zero-order valence-electron chi connectivity index (χ0n) is 12.4. The smallest absolute Gasteiger partial charge is 0.0300 e. The van der Waals surface area contributed by atoms with Crippen LogP contribution >= 0.6 is 11.3 Å². The second kappa shape index (κ2) is 5.94. The normalized spacial score (nSPS) is 18.3. The number of benzene rings is 1. The standard InChI is InChI=1S/C19H23NS/c1-2-4-14(5-3-1)17-10-18(21-13-17)11-20-12-19(15-6-7-15)16-8-9-16/h1-5,10,13,15-16,19-20H,6-9,11-12H2. The van der Waals surface area contributed by atoms with Crippen molar-refractivity contribution in [2.45, 2.75) is 32.2 Å². The van der Waals surface area contributed by atoms with E-state index in [4.69, 9.17) is 0 Å². The summed E-state index contributed by atoms with van der Waals surface area (Å²) in [6.07, 6.45) is 5.94. The Kier molecular flexibility index (Phi) is 3.83. The summed E-state index contributed by atoms with van der Waals surface area (Å²) in [6.45, 7) is 2.27. The van der Waals surface area contributed by atoms with Crippen molar-refractivity contribution in [2.75, 3.05) is 6.54 Å². The maximum absolute atomic E-state index is 3.72. The molecule has 21 heavy (non-hydrogen) atoms. The minimum atomic E-state index is 0.971. The predicted octanol–water partition coefficient (Wildman–Crippen LogP) is 4.94. The first-order valence-electron chi connectivity index (χ1n) is 8.24. The number of rotatable bonds is 7. The Hall–Kier alpha value is -1.12. The summed E-state index contributed by atoms with van der Waals surface area (Å²) in [5, 5.41) is 6.00. The number of nitrogens with one attached hydrogen (secondary N) is 1. The van der Waals surface area contributed by atoms with Crippen molar-refractivity contribution in [3.63, 3.8) is 0 Å². The van der Waals surface area contributed by atoms with Gasteiger partial charge in [-0.2, -0.15) is 0 Å². The highest BCUT2D eigenvalue weighted by molar-refractivity contribution is 7.10. The highest BCUT2D eigenvalue weighted by Gasteiger charge is 2.40. The first-order valence-corrected chi connectivity index (χ1v) is 9.11. The van der Waals surface area contributed by atoms with E-state index in [1.165, 1.54) is 48.2 Å². The van der Waals surface area contributed by atoms with E-state index in [9.17, 15) is 0 Å². The maximum atomic E-state index is 3.72. The summed E-state index contributed by atoms with van der Waals surface area (Å²) < 4.78 is 0. The van der Waals surface area contributed by atoms with Crippen LogP contribution in [-0.4, -0.2) is 6.54 Å². The molecule has 0 spiro atoms. The molecule has 0 amide bonds. The summed E-state index contributed by atoms with van der Waals surface area (Å²) in [6, 6.07) is 13.0. The zero-order valence-corrected chi connectivity index (χ0v) is 13.2. The van der Waals surface area contributed by atoms with E-state index < -0.39 is 0 Å². The summed E-state index contributed by atoms with van der Waals surface area (Å²) in [5.74, 6) is 3.07. The van der Waals surface area contributed by atoms with Gasteiger partial charge in [0.05, 0.1) is 0 Å². The first-order chi connectivity index (χ1) is 10.4. The topological polar surface area (TPSA) is 12.0 Å². The quantitative estimate of drug-likeness (QED) is 0.763. The third-order valence-corrected chi connectivity index (χ3v) is 5.83. The number of hydrogen-bond acceptors (Lipinski definition) is 2. The molecule has 0 bridgehead atoms. The number of thiophene rings is 1. The van der Waals surface area contributed by atoms with Gasteiger partial charge in [0.25, 0.3) is 0 Å². The molecular weight excluding hydrogens is 274 g/mol. The molecule has 2 aromatic rings. The van der Waals surface area contributed by atoms with Crippen LogP contribution in [0.15, 0.2) is 41.8 Å². The van der Waals surface area contributed by atoms with Crippen molar-refractivity contribution in [3.05, 3.63) is 46.7 Å². The minimum absolute atomic E-state index is 0.971. The van der Waals surface area contributed by atoms with Crippen molar-refractivity contribution < 1.29 is 0 Å². The second-order valence-electron chi connectivity index (χ2n) is 6.64. The third-order valence-electron chi connectivity index (χ3n) is 4.90. The fraction of sp³-hybridized carbons (Fsp3) is 0.474. The van der Waals surface area contributed by atoms with Gasteiger partial charge < -0.3 is 5.32 Å². The van der Waals surface area contributed by atoms with Gasteiger partial charge in [-0.3, -0.25) is 0 Å². The molecule has 4 rings (SSSR count). The average molecular weight is 297 g/mol. The monoisotopic (exact) mass is 297 g/mol. The van der Waals surface area contributed by atoms with E-state index in [0.29, 0.717) is 0 Å². The average Bonchev–Trinajstić information content (AvgIpc) is 3.45. The van der Waals surface area contributed by atoms with Crippen molar-refractivity contribution in [3.8, 4) is 11.1 Å². The summed E-state index contributed by atoms with van der Waals surface area (Å²) in [7, 11) is 0. The maximum Gasteiger partial charge on any atom is 0.0300 e. The zero-order chi connectivity index (χ0) is 14.1. The van der Waals surface area contributed by atoms with Gasteiger partial charge in [0.1, 0.15) is 0 Å². The molecule has 2 aliphatic rings. The van der Waals surface area contributed by atoms with Crippen molar-refractivity contribution >= 4 is 11.3 Å². The van der Waals surface area contributed by atoms with Crippen molar-refractivity contribution in [2.24, 2.45) is 17.8 Å². The minimum Gasteiger partial charge on any atom is -0.312 e. The lowest BCUT2D eigenvalue weighted by molar-refractivity contribution is 0.379. The molecule has 2 aliphatic carbocycles. The SMILES string of the molecule is c1ccc(-c2csc(CNCC(C3CC3)C3CC3)c2)cc1. The lowest BCUT2D eigenvalue weighted by Gasteiger charge is -2.15. The molecule has 1 aromatic carbocycles. The molecule has 0 atom stereocenters. The van der Waals surface area contributed by atoms with Crippen LogP contribution in [-0.2, 0) is 6.54 Å². The molecule has 0 aliphatic heterocycles. The fourth-order valence-electron chi connectivity index (χ4n) is 3.38. The molecule has 2 fully saturated rings. The Bertz CT molecular complexity index is 569. The molecule has 2 saturated carbocycles. The molecule has 110 valence electrons. The molecule has 0 unspecified atom stereocenters. The molecule has 1 N–H and O–H groups in total. The van der Waals surface area contributed by atoms with E-state index in [1.807, 2.05) is 11.3 Å². The summed E-state index contributed by atoms with van der Waals surface area (Å²) in [5.41, 5.74) is 2.69. The molecule has 1 heterocycles. The van der Waals surface area contributed by atoms with Gasteiger partial charge in [-0.1, -0.05) is 30.3 Å². The highest BCUT2D eigenvalue weighted by atomic mass is 32.1. The molecule has 1 aromatic heterocycles. The summed E-state index contributed by atoms with van der Waals surface area (Å²) >= 11 is 1.88. The largest absolute Gasteiger partial charge is 0.312 e. The van der Waals surface area contributed by atoms with Gasteiger partial charge in [0.15, 0.2) is 0 Å². The van der Waals surface area contributed by atoms with Crippen LogP contribution in [0.5, 0.6) is 0 Å². The van der Waals surface area contributed by atoms with Gasteiger partial charge in [-0.05, 0) is 72.6 Å². The van der Waals surface area contributed by atoms with Crippen LogP contribution in [0, 0.1) is 17.8 Å². The Balaban J connectivity index is 1.32. The van der Waals surface area contributed by atoms with Crippen LogP contribution in [0.4, 0.5) is 0 Å². The van der Waals surface area contributed by atoms with Gasteiger partial charge in [0, 0.05) is 11.4 Å². The first kappa shape index (κ1) is 13.5. The lowest BCUT2D eigenvalue weighted by Crippen LogP contribution is -2.24. The molecule has 2 heteroatoms. The molecular formula is C19H23NS. The Morgan fingerprint density at radius 2 is 1.71 bits per heavy atom.